The molecule has 1 amide bonds. The van der Waals surface area contributed by atoms with Gasteiger partial charge in [-0.3, -0.25) is 14.9 Å². The minimum atomic E-state index is -0.903. The minimum Gasteiger partial charge on any atom is -0.396 e. The molecule has 1 fully saturated rings. The monoisotopic (exact) mass is 281 g/mol. The lowest BCUT2D eigenvalue weighted by Crippen LogP contribution is -2.40. The molecule has 0 radical (unpaired) electrons. The first-order chi connectivity index (χ1) is 9.40. The van der Waals surface area contributed by atoms with Crippen molar-refractivity contribution in [1.82, 2.24) is 5.32 Å². The third-order valence-corrected chi connectivity index (χ3v) is 3.77. The van der Waals surface area contributed by atoms with Crippen molar-refractivity contribution in [2.24, 2.45) is 5.92 Å². The predicted octanol–water partition coefficient (Wildman–Crippen LogP) is 2.23. The quantitative estimate of drug-likeness (QED) is 0.502. The molecule has 0 aromatic heterocycles. The molecule has 1 aliphatic rings. The third kappa shape index (κ3) is 2.71. The zero-order chi connectivity index (χ0) is 14.9. The summed E-state index contributed by atoms with van der Waals surface area (Å²) in [6, 6.07) is 1.62. The van der Waals surface area contributed by atoms with E-state index in [9.17, 15) is 19.3 Å². The lowest BCUT2D eigenvalue weighted by atomic mass is 9.80. The number of anilines is 1. The first kappa shape index (κ1) is 14.2. The molecule has 1 unspecified atom stereocenters. The second-order valence-electron chi connectivity index (χ2n) is 5.10. The molecule has 0 heterocycles. The van der Waals surface area contributed by atoms with Gasteiger partial charge < -0.3 is 11.1 Å². The molecule has 6 nitrogen and oxygen atoms in total. The molecule has 1 aromatic carbocycles. The van der Waals surface area contributed by atoms with Crippen molar-refractivity contribution in [2.45, 2.75) is 32.2 Å². The number of halogens is 1. The maximum Gasteiger partial charge on any atom is 0.285 e. The molecule has 1 saturated carbocycles. The number of hydrogen-bond donors (Lipinski definition) is 2. The van der Waals surface area contributed by atoms with Crippen LogP contribution in [0.1, 0.15) is 36.5 Å². The number of carbonyl (C=O) groups is 1. The van der Waals surface area contributed by atoms with Crippen LogP contribution in [0.4, 0.5) is 15.8 Å². The molecule has 20 heavy (non-hydrogen) atoms. The van der Waals surface area contributed by atoms with E-state index < -0.39 is 22.3 Å². The number of hydrogen-bond acceptors (Lipinski definition) is 4. The summed E-state index contributed by atoms with van der Waals surface area (Å²) in [7, 11) is 0. The van der Waals surface area contributed by atoms with Crippen LogP contribution in [0.5, 0.6) is 0 Å². The van der Waals surface area contributed by atoms with Gasteiger partial charge >= 0.3 is 0 Å². The molecule has 0 saturated heterocycles. The summed E-state index contributed by atoms with van der Waals surface area (Å²) < 4.78 is 13.3. The number of nitrogens with zero attached hydrogens (tertiary/aromatic N) is 1. The average molecular weight is 281 g/mol. The Bertz CT molecular complexity index is 558. The Labute approximate surface area is 115 Å². The topological polar surface area (TPSA) is 98.3 Å². The first-order valence-electron chi connectivity index (χ1n) is 6.44. The average Bonchev–Trinajstić information content (AvgIpc) is 2.29. The molecule has 1 aliphatic carbocycles. The van der Waals surface area contributed by atoms with Crippen LogP contribution in [-0.2, 0) is 0 Å². The van der Waals surface area contributed by atoms with Crippen LogP contribution in [0.3, 0.4) is 0 Å². The second kappa shape index (κ2) is 5.44. The van der Waals surface area contributed by atoms with E-state index >= 15 is 0 Å². The molecule has 0 aliphatic heterocycles. The first-order valence-corrected chi connectivity index (χ1v) is 6.44. The summed E-state index contributed by atoms with van der Waals surface area (Å²) in [5.74, 6) is -1.10. The van der Waals surface area contributed by atoms with E-state index in [2.05, 4.69) is 5.32 Å². The van der Waals surface area contributed by atoms with Crippen LogP contribution in [0, 0.1) is 21.8 Å². The van der Waals surface area contributed by atoms with Gasteiger partial charge in [0, 0.05) is 6.04 Å². The molecular formula is C13H16FN3O3. The lowest BCUT2D eigenvalue weighted by molar-refractivity contribution is -0.385. The Morgan fingerprint density at radius 3 is 2.70 bits per heavy atom. The van der Waals surface area contributed by atoms with Crippen LogP contribution in [-0.4, -0.2) is 16.9 Å². The van der Waals surface area contributed by atoms with Crippen molar-refractivity contribution < 1.29 is 14.1 Å². The smallest absolute Gasteiger partial charge is 0.285 e. The number of nitro benzene ring substituents is 1. The summed E-state index contributed by atoms with van der Waals surface area (Å²) in [4.78, 5) is 22.2. The van der Waals surface area contributed by atoms with Crippen molar-refractivity contribution in [2.75, 3.05) is 5.73 Å². The van der Waals surface area contributed by atoms with Crippen molar-refractivity contribution in [1.29, 1.82) is 0 Å². The number of nitrogens with two attached hydrogens (primary N) is 1. The molecule has 7 heteroatoms. The van der Waals surface area contributed by atoms with E-state index in [1.165, 1.54) is 0 Å². The lowest BCUT2D eigenvalue weighted by Gasteiger charge is -2.31. The van der Waals surface area contributed by atoms with Crippen LogP contribution in [0.15, 0.2) is 12.1 Å². The van der Waals surface area contributed by atoms with Crippen LogP contribution >= 0.6 is 0 Å². The van der Waals surface area contributed by atoms with Gasteiger partial charge in [0.25, 0.3) is 11.6 Å². The maximum atomic E-state index is 13.3. The molecule has 0 bridgehead atoms. The number of nitrogens with one attached hydrogen (secondary N) is 1. The minimum absolute atomic E-state index is 0.0675. The molecule has 0 spiro atoms. The van der Waals surface area contributed by atoms with E-state index in [0.717, 1.165) is 25.3 Å². The van der Waals surface area contributed by atoms with Crippen molar-refractivity contribution in [3.63, 3.8) is 0 Å². The van der Waals surface area contributed by atoms with Gasteiger partial charge in [0.1, 0.15) is 5.56 Å². The fourth-order valence-electron chi connectivity index (χ4n) is 2.25. The third-order valence-electron chi connectivity index (χ3n) is 3.77. The van der Waals surface area contributed by atoms with Crippen molar-refractivity contribution in [3.8, 4) is 0 Å². The fourth-order valence-corrected chi connectivity index (χ4v) is 2.25. The zero-order valence-electron chi connectivity index (χ0n) is 11.1. The molecule has 2 rings (SSSR count). The normalized spacial score (nSPS) is 16.3. The number of benzene rings is 1. The molecule has 1 aromatic rings. The Morgan fingerprint density at radius 1 is 1.55 bits per heavy atom. The predicted molar refractivity (Wildman–Crippen MR) is 71.7 cm³/mol. The van der Waals surface area contributed by atoms with Crippen molar-refractivity contribution in [3.05, 3.63) is 33.6 Å². The Kier molecular flexibility index (Phi) is 3.87. The van der Waals surface area contributed by atoms with Gasteiger partial charge in [-0.25, -0.2) is 4.39 Å². The van der Waals surface area contributed by atoms with Gasteiger partial charge in [0.2, 0.25) is 0 Å². The van der Waals surface area contributed by atoms with Crippen LogP contribution < -0.4 is 11.1 Å². The van der Waals surface area contributed by atoms with Gasteiger partial charge in [0.15, 0.2) is 5.82 Å². The second-order valence-corrected chi connectivity index (χ2v) is 5.10. The summed E-state index contributed by atoms with van der Waals surface area (Å²) in [6.07, 6.45) is 3.21. The molecular weight excluding hydrogens is 265 g/mol. The van der Waals surface area contributed by atoms with Gasteiger partial charge in [0.05, 0.1) is 16.7 Å². The van der Waals surface area contributed by atoms with Gasteiger partial charge in [-0.15, -0.1) is 0 Å². The Balaban J connectivity index is 2.23. The summed E-state index contributed by atoms with van der Waals surface area (Å²) in [6.45, 7) is 1.86. The maximum absolute atomic E-state index is 13.3. The van der Waals surface area contributed by atoms with E-state index in [1.807, 2.05) is 6.92 Å². The van der Waals surface area contributed by atoms with Crippen molar-refractivity contribution >= 4 is 17.3 Å². The van der Waals surface area contributed by atoms with Gasteiger partial charge in [-0.1, -0.05) is 6.42 Å². The van der Waals surface area contributed by atoms with Gasteiger partial charge in [-0.05, 0) is 31.7 Å². The fraction of sp³-hybridized carbons (Fsp3) is 0.462. The summed E-state index contributed by atoms with van der Waals surface area (Å²) in [5, 5.41) is 13.6. The largest absolute Gasteiger partial charge is 0.396 e. The van der Waals surface area contributed by atoms with Gasteiger partial charge in [-0.2, -0.15) is 0 Å². The Hall–Kier alpha value is -2.18. The highest BCUT2D eigenvalue weighted by atomic mass is 19.1. The number of nitrogen functional groups attached to an aromatic ring is 1. The number of carbonyl (C=O) groups excluding carboxylic acids is 1. The van der Waals surface area contributed by atoms with E-state index in [-0.39, 0.29) is 17.3 Å². The van der Waals surface area contributed by atoms with Crippen LogP contribution in [0.2, 0.25) is 0 Å². The highest BCUT2D eigenvalue weighted by Gasteiger charge is 2.28. The highest BCUT2D eigenvalue weighted by Crippen LogP contribution is 2.30. The zero-order valence-corrected chi connectivity index (χ0v) is 11.1. The number of rotatable bonds is 4. The Morgan fingerprint density at radius 2 is 2.20 bits per heavy atom. The number of nitro groups is 1. The van der Waals surface area contributed by atoms with Crippen LogP contribution in [0.25, 0.3) is 0 Å². The number of amides is 1. The highest BCUT2D eigenvalue weighted by molar-refractivity contribution is 5.99. The molecule has 3 N–H and O–H groups in total. The molecule has 1 atom stereocenters. The van der Waals surface area contributed by atoms with E-state index in [0.29, 0.717) is 12.0 Å². The standard InChI is InChI=1S/C13H16FN3O3/c1-7(8-3-2-4-8)16-13(18)9-5-11(15)10(14)6-12(9)17(19)20/h5-8H,2-4,15H2,1H3,(H,16,18). The SMILES string of the molecule is CC(NC(=O)c1cc(N)c(F)cc1[N+](=O)[O-])C1CCC1. The van der Waals surface area contributed by atoms with E-state index in [4.69, 9.17) is 5.73 Å². The molecule has 108 valence electrons. The summed E-state index contributed by atoms with van der Waals surface area (Å²) >= 11 is 0. The summed E-state index contributed by atoms with van der Waals surface area (Å²) in [5.41, 5.74) is 4.31. The van der Waals surface area contributed by atoms with E-state index in [1.54, 1.807) is 0 Å².